The third-order valence-electron chi connectivity index (χ3n) is 2.04. The SMILES string of the molecule is O=C(O)c1noc([C@@H]2C[C@H](O)CN2)n1. The molecule has 1 saturated heterocycles. The zero-order chi connectivity index (χ0) is 10.1. The van der Waals surface area contributed by atoms with Crippen molar-refractivity contribution < 1.29 is 19.5 Å². The van der Waals surface area contributed by atoms with E-state index < -0.39 is 12.1 Å². The lowest BCUT2D eigenvalue weighted by Gasteiger charge is -2.01. The number of aliphatic hydroxyl groups is 1. The normalized spacial score (nSPS) is 26.6. The number of hydrogen-bond donors (Lipinski definition) is 3. The molecule has 7 heteroatoms. The zero-order valence-electron chi connectivity index (χ0n) is 7.17. The molecule has 0 bridgehead atoms. The number of carbonyl (C=O) groups is 1. The van der Waals surface area contributed by atoms with Crippen molar-refractivity contribution in [1.29, 1.82) is 0 Å². The van der Waals surface area contributed by atoms with Gasteiger partial charge in [0, 0.05) is 6.54 Å². The predicted molar refractivity (Wildman–Crippen MR) is 42.6 cm³/mol. The molecule has 2 rings (SSSR count). The molecule has 0 spiro atoms. The second-order valence-corrected chi connectivity index (χ2v) is 3.11. The minimum Gasteiger partial charge on any atom is -0.475 e. The summed E-state index contributed by atoms with van der Waals surface area (Å²) in [5.41, 5.74) is 0. The molecule has 0 aromatic carbocycles. The molecule has 3 N–H and O–H groups in total. The number of hydrogen-bond acceptors (Lipinski definition) is 6. The van der Waals surface area contributed by atoms with Gasteiger partial charge in [0.05, 0.1) is 12.1 Å². The number of carboxylic acids is 1. The van der Waals surface area contributed by atoms with E-state index in [0.29, 0.717) is 13.0 Å². The number of nitrogens with one attached hydrogen (secondary N) is 1. The average molecular weight is 199 g/mol. The van der Waals surface area contributed by atoms with Crippen LogP contribution < -0.4 is 5.32 Å². The Morgan fingerprint density at radius 3 is 2.93 bits per heavy atom. The van der Waals surface area contributed by atoms with Crippen LogP contribution in [0.25, 0.3) is 0 Å². The number of aliphatic hydroxyl groups excluding tert-OH is 1. The van der Waals surface area contributed by atoms with E-state index in [1.807, 2.05) is 0 Å². The highest BCUT2D eigenvalue weighted by Gasteiger charge is 2.28. The standard InChI is InChI=1S/C7H9N3O4/c11-3-1-4(8-2-3)6-9-5(7(12)13)10-14-6/h3-4,8,11H,1-2H2,(H,12,13)/t3-,4-/m0/s1. The summed E-state index contributed by atoms with van der Waals surface area (Å²) in [5, 5.41) is 24.0. The zero-order valence-corrected chi connectivity index (χ0v) is 7.17. The second-order valence-electron chi connectivity index (χ2n) is 3.11. The first-order valence-electron chi connectivity index (χ1n) is 4.15. The van der Waals surface area contributed by atoms with Crippen molar-refractivity contribution in [2.45, 2.75) is 18.6 Å². The Bertz CT molecular complexity index is 350. The van der Waals surface area contributed by atoms with Crippen LogP contribution in [0.4, 0.5) is 0 Å². The van der Waals surface area contributed by atoms with Gasteiger partial charge in [0.1, 0.15) is 0 Å². The smallest absolute Gasteiger partial charge is 0.377 e. The van der Waals surface area contributed by atoms with Gasteiger partial charge in [-0.2, -0.15) is 4.98 Å². The first kappa shape index (κ1) is 9.10. The fraction of sp³-hybridized carbons (Fsp3) is 0.571. The van der Waals surface area contributed by atoms with E-state index in [9.17, 15) is 9.90 Å². The van der Waals surface area contributed by atoms with Crippen molar-refractivity contribution in [3.05, 3.63) is 11.7 Å². The summed E-state index contributed by atoms with van der Waals surface area (Å²) in [4.78, 5) is 14.1. The van der Waals surface area contributed by atoms with Crippen molar-refractivity contribution in [2.75, 3.05) is 6.54 Å². The summed E-state index contributed by atoms with van der Waals surface area (Å²) in [6.07, 6.45) is 0.0153. The van der Waals surface area contributed by atoms with E-state index in [0.717, 1.165) is 0 Å². The Hall–Kier alpha value is -1.47. The molecule has 1 aliphatic heterocycles. The van der Waals surface area contributed by atoms with Crippen LogP contribution in [0, 0.1) is 0 Å². The molecule has 0 amide bonds. The van der Waals surface area contributed by atoms with Crippen molar-refractivity contribution >= 4 is 5.97 Å². The Morgan fingerprint density at radius 1 is 1.64 bits per heavy atom. The maximum atomic E-state index is 10.4. The molecule has 1 fully saturated rings. The van der Waals surface area contributed by atoms with Gasteiger partial charge in [0.15, 0.2) is 0 Å². The largest absolute Gasteiger partial charge is 0.475 e. The number of aromatic carboxylic acids is 1. The van der Waals surface area contributed by atoms with Gasteiger partial charge in [-0.1, -0.05) is 0 Å². The Morgan fingerprint density at radius 2 is 2.43 bits per heavy atom. The lowest BCUT2D eigenvalue weighted by Crippen LogP contribution is -2.15. The molecule has 0 unspecified atom stereocenters. The van der Waals surface area contributed by atoms with Crippen LogP contribution >= 0.6 is 0 Å². The minimum absolute atomic E-state index is 0.207. The Labute approximate surface area is 78.7 Å². The van der Waals surface area contributed by atoms with Crippen LogP contribution in [0.15, 0.2) is 4.52 Å². The van der Waals surface area contributed by atoms with Crippen LogP contribution in [-0.4, -0.2) is 39.0 Å². The molecule has 76 valence electrons. The minimum atomic E-state index is -1.22. The molecule has 1 aliphatic rings. The van der Waals surface area contributed by atoms with Gasteiger partial charge in [-0.3, -0.25) is 0 Å². The Kier molecular flexibility index (Phi) is 2.18. The lowest BCUT2D eigenvalue weighted by molar-refractivity contribution is 0.0680. The third kappa shape index (κ3) is 1.59. The van der Waals surface area contributed by atoms with Gasteiger partial charge in [-0.25, -0.2) is 4.79 Å². The van der Waals surface area contributed by atoms with Crippen LogP contribution in [-0.2, 0) is 0 Å². The highest BCUT2D eigenvalue weighted by Crippen LogP contribution is 2.21. The first-order chi connectivity index (χ1) is 6.66. The number of rotatable bonds is 2. The molecule has 1 aromatic heterocycles. The molecule has 14 heavy (non-hydrogen) atoms. The third-order valence-corrected chi connectivity index (χ3v) is 2.04. The highest BCUT2D eigenvalue weighted by atomic mass is 16.5. The number of nitrogens with zero attached hydrogens (tertiary/aromatic N) is 2. The highest BCUT2D eigenvalue weighted by molar-refractivity contribution is 5.82. The van der Waals surface area contributed by atoms with Gasteiger partial charge >= 0.3 is 5.97 Å². The summed E-state index contributed by atoms with van der Waals surface area (Å²) in [7, 11) is 0. The molecule has 7 nitrogen and oxygen atoms in total. The van der Waals surface area contributed by atoms with E-state index in [2.05, 4.69) is 15.5 Å². The van der Waals surface area contributed by atoms with E-state index in [4.69, 9.17) is 9.63 Å². The van der Waals surface area contributed by atoms with Gasteiger partial charge in [-0.05, 0) is 11.6 Å². The quantitative estimate of drug-likeness (QED) is 0.570. The molecule has 2 atom stereocenters. The molecule has 0 saturated carbocycles. The van der Waals surface area contributed by atoms with Crippen molar-refractivity contribution in [2.24, 2.45) is 0 Å². The molecular formula is C7H9N3O4. The maximum absolute atomic E-state index is 10.4. The van der Waals surface area contributed by atoms with Gasteiger partial charge in [-0.15, -0.1) is 0 Å². The number of β-amino-alcohol motifs (C(OH)–C–C–N with tert-alkyl or cyclic N) is 1. The average Bonchev–Trinajstić information content (AvgIpc) is 2.70. The summed E-state index contributed by atoms with van der Waals surface area (Å²) >= 11 is 0. The van der Waals surface area contributed by atoms with Crippen molar-refractivity contribution in [3.8, 4) is 0 Å². The maximum Gasteiger partial charge on any atom is 0.377 e. The summed E-state index contributed by atoms with van der Waals surface area (Å²) < 4.78 is 4.74. The monoisotopic (exact) mass is 199 g/mol. The number of aromatic nitrogens is 2. The summed E-state index contributed by atoms with van der Waals surface area (Å²) in [5.74, 6) is -1.37. The predicted octanol–water partition coefficient (Wildman–Crippen LogP) is -0.837. The number of carboxylic acid groups (broad SMARTS) is 1. The van der Waals surface area contributed by atoms with Crippen molar-refractivity contribution in [1.82, 2.24) is 15.5 Å². The molecule has 0 radical (unpaired) electrons. The van der Waals surface area contributed by atoms with Crippen LogP contribution in [0.2, 0.25) is 0 Å². The van der Waals surface area contributed by atoms with Gasteiger partial charge in [0.2, 0.25) is 5.89 Å². The fourth-order valence-electron chi connectivity index (χ4n) is 1.37. The van der Waals surface area contributed by atoms with E-state index in [-0.39, 0.29) is 17.8 Å². The van der Waals surface area contributed by atoms with Gasteiger partial charge in [0.25, 0.3) is 5.82 Å². The van der Waals surface area contributed by atoms with Crippen LogP contribution in [0.5, 0.6) is 0 Å². The van der Waals surface area contributed by atoms with Crippen LogP contribution in [0.3, 0.4) is 0 Å². The summed E-state index contributed by atoms with van der Waals surface area (Å²) in [6, 6.07) is -0.245. The van der Waals surface area contributed by atoms with Crippen molar-refractivity contribution in [3.63, 3.8) is 0 Å². The first-order valence-corrected chi connectivity index (χ1v) is 4.15. The molecule has 1 aromatic rings. The molecular weight excluding hydrogens is 190 g/mol. The van der Waals surface area contributed by atoms with Gasteiger partial charge < -0.3 is 20.1 Å². The molecule has 2 heterocycles. The van der Waals surface area contributed by atoms with E-state index >= 15 is 0 Å². The topological polar surface area (TPSA) is 108 Å². The van der Waals surface area contributed by atoms with E-state index in [1.54, 1.807) is 0 Å². The molecule has 0 aliphatic carbocycles. The fourth-order valence-corrected chi connectivity index (χ4v) is 1.37. The van der Waals surface area contributed by atoms with Crippen LogP contribution in [0.1, 0.15) is 29.0 Å². The van der Waals surface area contributed by atoms with E-state index in [1.165, 1.54) is 0 Å². The second kappa shape index (κ2) is 3.35. The summed E-state index contributed by atoms with van der Waals surface area (Å²) in [6.45, 7) is 0.454. The lowest BCUT2D eigenvalue weighted by atomic mass is 10.2. The Balaban J connectivity index is 2.13.